The zero-order valence-electron chi connectivity index (χ0n) is 13.3. The van der Waals surface area contributed by atoms with E-state index in [4.69, 9.17) is 0 Å². The summed E-state index contributed by atoms with van der Waals surface area (Å²) in [7, 11) is -1.00. The van der Waals surface area contributed by atoms with Crippen molar-refractivity contribution in [2.75, 3.05) is 6.26 Å². The molecule has 0 spiro atoms. The molecule has 0 bridgehead atoms. The molecule has 2 unspecified atom stereocenters. The summed E-state index contributed by atoms with van der Waals surface area (Å²) in [5, 5.41) is 13.3. The van der Waals surface area contributed by atoms with Gasteiger partial charge in [-0.1, -0.05) is 42.5 Å². The number of carbonyl (C=O) groups is 1. The Balaban J connectivity index is 1.91. The first-order chi connectivity index (χ1) is 10.9. The van der Waals surface area contributed by atoms with Crippen LogP contribution in [0.5, 0.6) is 0 Å². The minimum absolute atomic E-state index is 0.00588. The Bertz CT molecular complexity index is 681. The second-order valence-corrected chi connectivity index (χ2v) is 7.07. The summed E-state index contributed by atoms with van der Waals surface area (Å²) < 4.78 is 11.3. The van der Waals surface area contributed by atoms with Gasteiger partial charge in [0.1, 0.15) is 0 Å². The lowest BCUT2D eigenvalue weighted by Gasteiger charge is -2.23. The number of amides is 1. The minimum Gasteiger partial charge on any atom is -0.385 e. The highest BCUT2D eigenvalue weighted by atomic mass is 32.2. The van der Waals surface area contributed by atoms with E-state index in [0.717, 1.165) is 10.5 Å². The first-order valence-electron chi connectivity index (χ1n) is 7.35. The van der Waals surface area contributed by atoms with Crippen LogP contribution in [-0.4, -0.2) is 21.5 Å². The third kappa shape index (κ3) is 5.01. The lowest BCUT2D eigenvalue weighted by atomic mass is 9.92. The highest BCUT2D eigenvalue weighted by molar-refractivity contribution is 7.84. The molecule has 2 atom stereocenters. The molecule has 0 aromatic heterocycles. The van der Waals surface area contributed by atoms with Gasteiger partial charge >= 0.3 is 0 Å². The van der Waals surface area contributed by atoms with Crippen LogP contribution in [0.4, 0.5) is 0 Å². The predicted molar refractivity (Wildman–Crippen MR) is 91.3 cm³/mol. The molecule has 122 valence electrons. The molecular formula is C18H21NO3S. The molecular weight excluding hydrogens is 310 g/mol. The van der Waals surface area contributed by atoms with Crippen LogP contribution in [0.3, 0.4) is 0 Å². The van der Waals surface area contributed by atoms with E-state index < -0.39 is 16.4 Å². The fourth-order valence-corrected chi connectivity index (χ4v) is 2.79. The van der Waals surface area contributed by atoms with Gasteiger partial charge in [-0.15, -0.1) is 0 Å². The van der Waals surface area contributed by atoms with Crippen molar-refractivity contribution < 1.29 is 14.1 Å². The minimum atomic E-state index is -1.20. The topological polar surface area (TPSA) is 66.4 Å². The number of aliphatic hydroxyl groups is 1. The molecule has 0 aliphatic carbocycles. The zero-order valence-corrected chi connectivity index (χ0v) is 14.1. The third-order valence-corrected chi connectivity index (χ3v) is 4.58. The van der Waals surface area contributed by atoms with Crippen LogP contribution >= 0.6 is 0 Å². The Morgan fingerprint density at radius 1 is 1.13 bits per heavy atom. The van der Waals surface area contributed by atoms with E-state index in [1.165, 1.54) is 0 Å². The first kappa shape index (κ1) is 17.4. The van der Waals surface area contributed by atoms with Gasteiger partial charge in [0.15, 0.2) is 0 Å². The van der Waals surface area contributed by atoms with Crippen LogP contribution < -0.4 is 5.32 Å². The largest absolute Gasteiger partial charge is 0.385 e. The van der Waals surface area contributed by atoms with Gasteiger partial charge in [0.25, 0.3) is 0 Å². The second kappa shape index (κ2) is 7.53. The summed E-state index contributed by atoms with van der Waals surface area (Å²) in [4.78, 5) is 12.8. The molecule has 0 saturated carbocycles. The molecule has 0 aliphatic rings. The third-order valence-electron chi connectivity index (χ3n) is 3.65. The number of hydrogen-bond donors (Lipinski definition) is 2. The standard InChI is InChI=1S/C18H21NO3S/c1-18(21,15-6-4-3-5-7-15)12-17(20)19-13-14-8-10-16(11-9-14)23(2)22/h3-11,21H,12-13H2,1-2H3,(H,19,20). The van der Waals surface area contributed by atoms with E-state index in [-0.39, 0.29) is 12.3 Å². The van der Waals surface area contributed by atoms with Crippen molar-refractivity contribution in [2.24, 2.45) is 0 Å². The van der Waals surface area contributed by atoms with Crippen LogP contribution in [0.2, 0.25) is 0 Å². The molecule has 2 aromatic rings. The molecule has 2 rings (SSSR count). The SMILES string of the molecule is CS(=O)c1ccc(CNC(=O)CC(C)(O)c2ccccc2)cc1. The van der Waals surface area contributed by atoms with Crippen LogP contribution in [0.25, 0.3) is 0 Å². The van der Waals surface area contributed by atoms with Gasteiger partial charge in [0.05, 0.1) is 12.0 Å². The van der Waals surface area contributed by atoms with Crippen molar-refractivity contribution in [3.63, 3.8) is 0 Å². The maximum atomic E-state index is 12.1. The fraction of sp³-hybridized carbons (Fsp3) is 0.278. The highest BCUT2D eigenvalue weighted by Gasteiger charge is 2.26. The van der Waals surface area contributed by atoms with Gasteiger partial charge in [-0.05, 0) is 30.2 Å². The molecule has 5 heteroatoms. The molecule has 0 saturated heterocycles. The molecule has 2 aromatic carbocycles. The van der Waals surface area contributed by atoms with E-state index in [9.17, 15) is 14.1 Å². The second-order valence-electron chi connectivity index (χ2n) is 5.69. The molecule has 1 amide bonds. The number of carbonyl (C=O) groups excluding carboxylic acids is 1. The van der Waals surface area contributed by atoms with Gasteiger partial charge in [-0.3, -0.25) is 9.00 Å². The monoisotopic (exact) mass is 331 g/mol. The molecule has 0 fully saturated rings. The lowest BCUT2D eigenvalue weighted by molar-refractivity contribution is -0.126. The Kier molecular flexibility index (Phi) is 5.69. The molecule has 2 N–H and O–H groups in total. The van der Waals surface area contributed by atoms with Crippen molar-refractivity contribution in [1.29, 1.82) is 0 Å². The number of benzene rings is 2. The summed E-state index contributed by atoms with van der Waals surface area (Å²) in [5.74, 6) is -0.220. The van der Waals surface area contributed by atoms with Crippen molar-refractivity contribution in [3.05, 3.63) is 65.7 Å². The molecule has 0 aliphatic heterocycles. The van der Waals surface area contributed by atoms with E-state index in [1.807, 2.05) is 30.3 Å². The normalized spacial score (nSPS) is 14.7. The van der Waals surface area contributed by atoms with Crippen molar-refractivity contribution in [2.45, 2.75) is 30.4 Å². The van der Waals surface area contributed by atoms with Gasteiger partial charge < -0.3 is 10.4 Å². The summed E-state index contributed by atoms with van der Waals surface area (Å²) in [5.41, 5.74) is 0.436. The van der Waals surface area contributed by atoms with Crippen molar-refractivity contribution in [3.8, 4) is 0 Å². The predicted octanol–water partition coefficient (Wildman–Crippen LogP) is 2.34. The van der Waals surface area contributed by atoms with E-state index in [0.29, 0.717) is 12.1 Å². The first-order valence-corrected chi connectivity index (χ1v) is 8.91. The van der Waals surface area contributed by atoms with Gasteiger partial charge in [-0.25, -0.2) is 0 Å². The zero-order chi connectivity index (χ0) is 16.9. The molecule has 0 heterocycles. The van der Waals surface area contributed by atoms with Crippen LogP contribution in [0.15, 0.2) is 59.5 Å². The Hall–Kier alpha value is -1.98. The Morgan fingerprint density at radius 3 is 2.30 bits per heavy atom. The van der Waals surface area contributed by atoms with E-state index in [1.54, 1.807) is 37.4 Å². The Morgan fingerprint density at radius 2 is 1.74 bits per heavy atom. The summed E-state index contributed by atoms with van der Waals surface area (Å²) in [6, 6.07) is 16.4. The highest BCUT2D eigenvalue weighted by Crippen LogP contribution is 2.23. The van der Waals surface area contributed by atoms with Crippen molar-refractivity contribution >= 4 is 16.7 Å². The van der Waals surface area contributed by atoms with E-state index in [2.05, 4.69) is 5.32 Å². The quantitative estimate of drug-likeness (QED) is 0.854. The van der Waals surface area contributed by atoms with E-state index >= 15 is 0 Å². The summed E-state index contributed by atoms with van der Waals surface area (Å²) in [6.07, 6.45) is 1.62. The average Bonchev–Trinajstić information content (AvgIpc) is 2.54. The van der Waals surface area contributed by atoms with Gasteiger partial charge in [0, 0.05) is 28.5 Å². The fourth-order valence-electron chi connectivity index (χ4n) is 2.27. The maximum absolute atomic E-state index is 12.1. The van der Waals surface area contributed by atoms with Gasteiger partial charge in [-0.2, -0.15) is 0 Å². The average molecular weight is 331 g/mol. The van der Waals surface area contributed by atoms with Crippen LogP contribution in [0, 0.1) is 0 Å². The smallest absolute Gasteiger partial charge is 0.223 e. The Labute approximate surface area is 139 Å². The molecule has 23 heavy (non-hydrogen) atoms. The van der Waals surface area contributed by atoms with Gasteiger partial charge in [0.2, 0.25) is 5.91 Å². The molecule has 0 radical (unpaired) electrons. The molecule has 4 nitrogen and oxygen atoms in total. The van der Waals surface area contributed by atoms with Crippen LogP contribution in [-0.2, 0) is 27.7 Å². The van der Waals surface area contributed by atoms with Crippen LogP contribution in [0.1, 0.15) is 24.5 Å². The number of rotatable bonds is 6. The maximum Gasteiger partial charge on any atom is 0.223 e. The summed E-state index contributed by atoms with van der Waals surface area (Å²) >= 11 is 0. The lowest BCUT2D eigenvalue weighted by Crippen LogP contribution is -2.32. The van der Waals surface area contributed by atoms with Crippen molar-refractivity contribution in [1.82, 2.24) is 5.32 Å². The number of nitrogens with one attached hydrogen (secondary N) is 1. The summed E-state index contributed by atoms with van der Waals surface area (Å²) in [6.45, 7) is 2.01. The number of hydrogen-bond acceptors (Lipinski definition) is 3.